The minimum atomic E-state index is -3.24. The molecule has 1 aliphatic heterocycles. The maximum atomic E-state index is 12.3. The zero-order valence-corrected chi connectivity index (χ0v) is 12.9. The van der Waals surface area contributed by atoms with E-state index < -0.39 is 20.6 Å². The SMILES string of the molecule is CCS(=O)(=O)C1C(c2ccc3c(c2)OCO3)C1(N)COC. The molecular formula is C14H19NO5S. The number of ether oxygens (including phenoxy) is 3. The van der Waals surface area contributed by atoms with Crippen LogP contribution in [0.2, 0.25) is 0 Å². The van der Waals surface area contributed by atoms with Gasteiger partial charge in [0.2, 0.25) is 6.79 Å². The molecule has 0 radical (unpaired) electrons. The van der Waals surface area contributed by atoms with Gasteiger partial charge in [-0.25, -0.2) is 8.42 Å². The molecule has 1 fully saturated rings. The molecule has 3 rings (SSSR count). The lowest BCUT2D eigenvalue weighted by atomic mass is 10.1. The van der Waals surface area contributed by atoms with E-state index in [1.165, 1.54) is 7.11 Å². The van der Waals surface area contributed by atoms with Crippen LogP contribution in [0.3, 0.4) is 0 Å². The van der Waals surface area contributed by atoms with E-state index in [4.69, 9.17) is 19.9 Å². The molecule has 7 heteroatoms. The molecule has 1 saturated carbocycles. The normalized spacial score (nSPS) is 30.4. The Hall–Kier alpha value is -1.31. The molecule has 0 saturated heterocycles. The second kappa shape index (κ2) is 4.86. The molecule has 1 aliphatic carbocycles. The van der Waals surface area contributed by atoms with Crippen LogP contribution in [-0.2, 0) is 14.6 Å². The van der Waals surface area contributed by atoms with Crippen molar-refractivity contribution in [3.63, 3.8) is 0 Å². The first-order valence-electron chi connectivity index (χ1n) is 6.83. The van der Waals surface area contributed by atoms with E-state index in [0.29, 0.717) is 11.5 Å². The van der Waals surface area contributed by atoms with Crippen molar-refractivity contribution in [2.24, 2.45) is 5.73 Å². The molecule has 0 bridgehead atoms. The van der Waals surface area contributed by atoms with E-state index in [0.717, 1.165) is 5.56 Å². The van der Waals surface area contributed by atoms with Gasteiger partial charge < -0.3 is 19.9 Å². The summed E-state index contributed by atoms with van der Waals surface area (Å²) in [5.74, 6) is 1.09. The highest BCUT2D eigenvalue weighted by Crippen LogP contribution is 2.55. The minimum Gasteiger partial charge on any atom is -0.454 e. The van der Waals surface area contributed by atoms with Crippen molar-refractivity contribution >= 4 is 9.84 Å². The van der Waals surface area contributed by atoms with Gasteiger partial charge in [-0.3, -0.25) is 0 Å². The monoisotopic (exact) mass is 313 g/mol. The lowest BCUT2D eigenvalue weighted by molar-refractivity contribution is 0.171. The molecule has 0 amide bonds. The third-order valence-electron chi connectivity index (χ3n) is 4.24. The van der Waals surface area contributed by atoms with Crippen LogP contribution in [0.25, 0.3) is 0 Å². The number of fused-ring (bicyclic) bond motifs is 1. The molecular weight excluding hydrogens is 294 g/mol. The van der Waals surface area contributed by atoms with E-state index in [-0.39, 0.29) is 25.1 Å². The summed E-state index contributed by atoms with van der Waals surface area (Å²) >= 11 is 0. The molecule has 0 spiro atoms. The van der Waals surface area contributed by atoms with Gasteiger partial charge in [-0.15, -0.1) is 0 Å². The topological polar surface area (TPSA) is 87.9 Å². The van der Waals surface area contributed by atoms with Crippen molar-refractivity contribution < 1.29 is 22.6 Å². The summed E-state index contributed by atoms with van der Waals surface area (Å²) in [7, 11) is -1.72. The van der Waals surface area contributed by atoms with E-state index in [1.807, 2.05) is 12.1 Å². The predicted octanol–water partition coefficient (Wildman–Crippen LogP) is 0.660. The lowest BCUT2D eigenvalue weighted by Crippen LogP contribution is -2.36. The Morgan fingerprint density at radius 1 is 1.38 bits per heavy atom. The summed E-state index contributed by atoms with van der Waals surface area (Å²) in [6.07, 6.45) is 0. The zero-order chi connectivity index (χ0) is 15.3. The highest BCUT2D eigenvalue weighted by molar-refractivity contribution is 7.92. The molecule has 21 heavy (non-hydrogen) atoms. The minimum absolute atomic E-state index is 0.0708. The molecule has 0 aromatic heterocycles. The van der Waals surface area contributed by atoms with Crippen LogP contribution in [0, 0.1) is 0 Å². The summed E-state index contributed by atoms with van der Waals surface area (Å²) in [4.78, 5) is 0. The van der Waals surface area contributed by atoms with Crippen molar-refractivity contribution in [1.82, 2.24) is 0 Å². The second-order valence-electron chi connectivity index (χ2n) is 5.51. The van der Waals surface area contributed by atoms with Crippen LogP contribution >= 0.6 is 0 Å². The third-order valence-corrected chi connectivity index (χ3v) is 6.53. The van der Waals surface area contributed by atoms with Crippen LogP contribution in [0.4, 0.5) is 0 Å². The quantitative estimate of drug-likeness (QED) is 0.859. The summed E-state index contributed by atoms with van der Waals surface area (Å²) in [6, 6.07) is 5.45. The van der Waals surface area contributed by atoms with Crippen molar-refractivity contribution in [2.75, 3.05) is 26.3 Å². The number of hydrogen-bond acceptors (Lipinski definition) is 6. The molecule has 2 N–H and O–H groups in total. The summed E-state index contributed by atoms with van der Waals surface area (Å²) in [5, 5.41) is -0.615. The molecule has 1 aromatic carbocycles. The van der Waals surface area contributed by atoms with Gasteiger partial charge in [0.15, 0.2) is 21.3 Å². The number of rotatable bonds is 5. The maximum absolute atomic E-state index is 12.3. The molecule has 6 nitrogen and oxygen atoms in total. The Morgan fingerprint density at radius 3 is 2.76 bits per heavy atom. The highest BCUT2D eigenvalue weighted by atomic mass is 32.2. The van der Waals surface area contributed by atoms with Crippen molar-refractivity contribution in [1.29, 1.82) is 0 Å². The summed E-state index contributed by atoms with van der Waals surface area (Å²) < 4.78 is 40.3. The Kier molecular flexibility index (Phi) is 3.38. The highest BCUT2D eigenvalue weighted by Gasteiger charge is 2.68. The Balaban J connectivity index is 1.97. The fourth-order valence-electron chi connectivity index (χ4n) is 3.16. The molecule has 3 unspecified atom stereocenters. The molecule has 3 atom stereocenters. The van der Waals surface area contributed by atoms with Crippen molar-refractivity contribution in [2.45, 2.75) is 23.6 Å². The summed E-state index contributed by atoms with van der Waals surface area (Å²) in [6.45, 7) is 2.03. The number of hydrogen-bond donors (Lipinski definition) is 1. The zero-order valence-electron chi connectivity index (χ0n) is 12.0. The van der Waals surface area contributed by atoms with Gasteiger partial charge in [0, 0.05) is 18.8 Å². The molecule has 1 heterocycles. The van der Waals surface area contributed by atoms with Gasteiger partial charge in [0.25, 0.3) is 0 Å². The van der Waals surface area contributed by atoms with Gasteiger partial charge in [0.1, 0.15) is 0 Å². The van der Waals surface area contributed by atoms with E-state index in [2.05, 4.69) is 0 Å². The van der Waals surface area contributed by atoms with E-state index in [1.54, 1.807) is 13.0 Å². The van der Waals surface area contributed by atoms with Crippen molar-refractivity contribution in [3.8, 4) is 11.5 Å². The Morgan fingerprint density at radius 2 is 2.10 bits per heavy atom. The van der Waals surface area contributed by atoms with Crippen LogP contribution in [0.1, 0.15) is 18.4 Å². The maximum Gasteiger partial charge on any atom is 0.231 e. The number of methoxy groups -OCH3 is 1. The third kappa shape index (κ3) is 2.20. The van der Waals surface area contributed by atoms with Gasteiger partial charge in [-0.05, 0) is 17.7 Å². The van der Waals surface area contributed by atoms with Crippen LogP contribution in [0.15, 0.2) is 18.2 Å². The van der Waals surface area contributed by atoms with Crippen LogP contribution in [0.5, 0.6) is 11.5 Å². The number of sulfone groups is 1. The molecule has 1 aromatic rings. The van der Waals surface area contributed by atoms with Gasteiger partial charge in [-0.1, -0.05) is 13.0 Å². The fraction of sp³-hybridized carbons (Fsp3) is 0.571. The predicted molar refractivity (Wildman–Crippen MR) is 77.3 cm³/mol. The molecule has 2 aliphatic rings. The van der Waals surface area contributed by atoms with Crippen LogP contribution in [-0.4, -0.2) is 45.5 Å². The van der Waals surface area contributed by atoms with Gasteiger partial charge >= 0.3 is 0 Å². The molecule has 116 valence electrons. The number of nitrogens with two attached hydrogens (primary N) is 1. The lowest BCUT2D eigenvalue weighted by Gasteiger charge is -2.10. The standard InChI is InChI=1S/C14H19NO5S/c1-3-21(16,17)13-12(14(13,15)7-18-2)9-4-5-10-11(6-9)20-8-19-10/h4-6,12-13H,3,7-8,15H2,1-2H3. The number of benzene rings is 1. The Labute approximate surface area is 124 Å². The summed E-state index contributed by atoms with van der Waals surface area (Å²) in [5.41, 5.74) is 6.28. The average molecular weight is 313 g/mol. The van der Waals surface area contributed by atoms with E-state index in [9.17, 15) is 8.42 Å². The Bertz CT molecular complexity index is 659. The largest absolute Gasteiger partial charge is 0.454 e. The van der Waals surface area contributed by atoms with E-state index >= 15 is 0 Å². The second-order valence-corrected chi connectivity index (χ2v) is 7.92. The first kappa shape index (κ1) is 14.6. The fourth-order valence-corrected chi connectivity index (χ4v) is 5.15. The van der Waals surface area contributed by atoms with Crippen LogP contribution < -0.4 is 15.2 Å². The first-order chi connectivity index (χ1) is 9.94. The average Bonchev–Trinajstić information content (AvgIpc) is 2.84. The van der Waals surface area contributed by atoms with Crippen molar-refractivity contribution in [3.05, 3.63) is 23.8 Å². The first-order valence-corrected chi connectivity index (χ1v) is 8.54. The van der Waals surface area contributed by atoms with Gasteiger partial charge in [-0.2, -0.15) is 0 Å². The van der Waals surface area contributed by atoms with Gasteiger partial charge in [0.05, 0.1) is 17.4 Å². The smallest absolute Gasteiger partial charge is 0.231 e.